The third kappa shape index (κ3) is 2.27. The summed E-state index contributed by atoms with van der Waals surface area (Å²) in [4.78, 5) is 12.2. The second-order valence-corrected chi connectivity index (χ2v) is 4.91. The first kappa shape index (κ1) is 13.4. The molecule has 0 aliphatic heterocycles. The minimum atomic E-state index is -0.161. The molecule has 0 atom stereocenters. The van der Waals surface area contributed by atoms with Gasteiger partial charge in [-0.25, -0.2) is 4.68 Å². The van der Waals surface area contributed by atoms with Gasteiger partial charge >= 0.3 is 0 Å². The number of alkyl halides is 1. The van der Waals surface area contributed by atoms with Gasteiger partial charge in [-0.3, -0.25) is 9.48 Å². The monoisotopic (exact) mass is 328 g/mol. The topological polar surface area (TPSA) is 26.9 Å². The standard InChI is InChI=1S/C13H14BrClN2O/c1-2-8-16-11(9-14)12(15)13(18)17(16)10-6-4-3-5-7-10/h3-7H,2,8-9H2,1H3. The zero-order valence-corrected chi connectivity index (χ0v) is 12.4. The van der Waals surface area contributed by atoms with Crippen molar-refractivity contribution in [3.05, 3.63) is 51.4 Å². The summed E-state index contributed by atoms with van der Waals surface area (Å²) >= 11 is 9.51. The third-order valence-corrected chi connectivity index (χ3v) is 3.66. The van der Waals surface area contributed by atoms with Crippen molar-refractivity contribution in [3.63, 3.8) is 0 Å². The van der Waals surface area contributed by atoms with Crippen molar-refractivity contribution in [2.45, 2.75) is 25.2 Å². The summed E-state index contributed by atoms with van der Waals surface area (Å²) < 4.78 is 3.58. The summed E-state index contributed by atoms with van der Waals surface area (Å²) in [5.41, 5.74) is 1.50. The van der Waals surface area contributed by atoms with Gasteiger partial charge in [0.05, 0.1) is 11.4 Å². The van der Waals surface area contributed by atoms with Gasteiger partial charge in [-0.2, -0.15) is 0 Å². The van der Waals surface area contributed by atoms with E-state index in [0.717, 1.165) is 24.3 Å². The summed E-state index contributed by atoms with van der Waals surface area (Å²) in [6.07, 6.45) is 0.942. The molecule has 18 heavy (non-hydrogen) atoms. The van der Waals surface area contributed by atoms with E-state index in [2.05, 4.69) is 22.9 Å². The van der Waals surface area contributed by atoms with Crippen LogP contribution in [0.2, 0.25) is 5.02 Å². The molecule has 0 spiro atoms. The van der Waals surface area contributed by atoms with Gasteiger partial charge in [-0.15, -0.1) is 0 Å². The van der Waals surface area contributed by atoms with E-state index < -0.39 is 0 Å². The lowest BCUT2D eigenvalue weighted by atomic mass is 10.3. The predicted molar refractivity (Wildman–Crippen MR) is 78.0 cm³/mol. The fraction of sp³-hybridized carbons (Fsp3) is 0.308. The van der Waals surface area contributed by atoms with Crippen molar-refractivity contribution in [1.82, 2.24) is 9.36 Å². The molecule has 0 unspecified atom stereocenters. The van der Waals surface area contributed by atoms with Gasteiger partial charge in [0.15, 0.2) is 0 Å². The molecular formula is C13H14BrClN2O. The Morgan fingerprint density at radius 3 is 2.50 bits per heavy atom. The molecule has 0 bridgehead atoms. The minimum Gasteiger partial charge on any atom is -0.280 e. The number of halogens is 2. The quantitative estimate of drug-likeness (QED) is 0.787. The van der Waals surface area contributed by atoms with Crippen LogP contribution in [0.5, 0.6) is 0 Å². The van der Waals surface area contributed by atoms with Crippen molar-refractivity contribution in [2.24, 2.45) is 0 Å². The van der Waals surface area contributed by atoms with Crippen LogP contribution in [0.3, 0.4) is 0 Å². The Hall–Kier alpha value is -1.00. The summed E-state index contributed by atoms with van der Waals surface area (Å²) in [5, 5.41) is 0.866. The molecule has 0 amide bonds. The summed E-state index contributed by atoms with van der Waals surface area (Å²) in [6, 6.07) is 9.55. The molecule has 0 saturated carbocycles. The number of para-hydroxylation sites is 1. The molecule has 0 radical (unpaired) electrons. The van der Waals surface area contributed by atoms with E-state index in [0.29, 0.717) is 10.4 Å². The zero-order chi connectivity index (χ0) is 13.1. The molecular weight excluding hydrogens is 316 g/mol. The average Bonchev–Trinajstić information content (AvgIpc) is 2.63. The van der Waals surface area contributed by atoms with Crippen LogP contribution in [-0.4, -0.2) is 9.36 Å². The SMILES string of the molecule is CCCn1c(CBr)c(Cl)c(=O)n1-c1ccccc1. The highest BCUT2D eigenvalue weighted by Crippen LogP contribution is 2.19. The Kier molecular flexibility index (Phi) is 4.30. The lowest BCUT2D eigenvalue weighted by Crippen LogP contribution is -2.21. The van der Waals surface area contributed by atoms with Gasteiger partial charge in [0.1, 0.15) is 5.02 Å². The normalized spacial score (nSPS) is 10.8. The van der Waals surface area contributed by atoms with Crippen LogP contribution in [-0.2, 0) is 11.9 Å². The molecule has 3 nitrogen and oxygen atoms in total. The molecule has 0 saturated heterocycles. The Labute approximate surface area is 119 Å². The second kappa shape index (κ2) is 5.76. The van der Waals surface area contributed by atoms with E-state index in [-0.39, 0.29) is 5.56 Å². The lowest BCUT2D eigenvalue weighted by molar-refractivity contribution is 0.522. The molecule has 0 aliphatic rings. The largest absolute Gasteiger partial charge is 0.290 e. The first-order chi connectivity index (χ1) is 8.70. The van der Waals surface area contributed by atoms with E-state index in [1.807, 2.05) is 35.0 Å². The molecule has 2 rings (SSSR count). The lowest BCUT2D eigenvalue weighted by Gasteiger charge is -2.13. The van der Waals surface area contributed by atoms with E-state index in [4.69, 9.17) is 11.6 Å². The van der Waals surface area contributed by atoms with Crippen LogP contribution in [0.15, 0.2) is 35.1 Å². The molecule has 0 fully saturated rings. The number of hydrogen-bond donors (Lipinski definition) is 0. The van der Waals surface area contributed by atoms with E-state index in [1.165, 1.54) is 0 Å². The van der Waals surface area contributed by atoms with Crippen LogP contribution in [0, 0.1) is 0 Å². The highest BCUT2D eigenvalue weighted by molar-refractivity contribution is 9.08. The van der Waals surface area contributed by atoms with Crippen molar-refractivity contribution in [1.29, 1.82) is 0 Å². The van der Waals surface area contributed by atoms with Crippen molar-refractivity contribution in [3.8, 4) is 5.69 Å². The van der Waals surface area contributed by atoms with Crippen LogP contribution >= 0.6 is 27.5 Å². The number of benzene rings is 1. The maximum atomic E-state index is 12.2. The molecule has 1 aromatic carbocycles. The average molecular weight is 330 g/mol. The fourth-order valence-corrected chi connectivity index (χ4v) is 2.94. The Balaban J connectivity index is 2.70. The minimum absolute atomic E-state index is 0.161. The van der Waals surface area contributed by atoms with Crippen molar-refractivity contribution in [2.75, 3.05) is 0 Å². The summed E-state index contributed by atoms with van der Waals surface area (Å²) in [6.45, 7) is 2.84. The number of hydrogen-bond acceptors (Lipinski definition) is 1. The van der Waals surface area contributed by atoms with Gasteiger partial charge in [-0.1, -0.05) is 52.7 Å². The molecule has 5 heteroatoms. The Morgan fingerprint density at radius 1 is 1.28 bits per heavy atom. The first-order valence-corrected chi connectivity index (χ1v) is 7.32. The highest BCUT2D eigenvalue weighted by atomic mass is 79.9. The Morgan fingerprint density at radius 2 is 1.94 bits per heavy atom. The fourth-order valence-electron chi connectivity index (χ4n) is 1.96. The van der Waals surface area contributed by atoms with Crippen LogP contribution in [0.1, 0.15) is 19.0 Å². The molecule has 2 aromatic rings. The van der Waals surface area contributed by atoms with Crippen LogP contribution < -0.4 is 5.56 Å². The van der Waals surface area contributed by atoms with E-state index in [1.54, 1.807) is 4.68 Å². The van der Waals surface area contributed by atoms with Crippen molar-refractivity contribution >= 4 is 27.5 Å². The predicted octanol–water partition coefficient (Wildman–Crippen LogP) is 3.60. The Bertz CT molecular complexity index is 589. The molecule has 0 aliphatic carbocycles. The molecule has 96 valence electrons. The van der Waals surface area contributed by atoms with Gasteiger partial charge < -0.3 is 0 Å². The number of rotatable bonds is 4. The molecule has 1 heterocycles. The van der Waals surface area contributed by atoms with Crippen LogP contribution in [0.4, 0.5) is 0 Å². The van der Waals surface area contributed by atoms with Gasteiger partial charge in [0, 0.05) is 11.9 Å². The zero-order valence-electron chi connectivity index (χ0n) is 10.1. The first-order valence-electron chi connectivity index (χ1n) is 5.82. The van der Waals surface area contributed by atoms with Gasteiger partial charge in [0.2, 0.25) is 0 Å². The highest BCUT2D eigenvalue weighted by Gasteiger charge is 2.17. The number of aromatic nitrogens is 2. The van der Waals surface area contributed by atoms with Gasteiger partial charge in [-0.05, 0) is 18.6 Å². The van der Waals surface area contributed by atoms with E-state index in [9.17, 15) is 4.79 Å². The smallest absolute Gasteiger partial charge is 0.280 e. The maximum Gasteiger partial charge on any atom is 0.290 e. The number of nitrogens with zero attached hydrogens (tertiary/aromatic N) is 2. The second-order valence-electron chi connectivity index (χ2n) is 3.97. The summed E-state index contributed by atoms with van der Waals surface area (Å²) in [5.74, 6) is 0. The summed E-state index contributed by atoms with van der Waals surface area (Å²) in [7, 11) is 0. The third-order valence-electron chi connectivity index (χ3n) is 2.75. The maximum absolute atomic E-state index is 12.2. The van der Waals surface area contributed by atoms with Crippen molar-refractivity contribution < 1.29 is 0 Å². The molecule has 1 aromatic heterocycles. The van der Waals surface area contributed by atoms with Crippen LogP contribution in [0.25, 0.3) is 5.69 Å². The molecule has 0 N–H and O–H groups in total. The van der Waals surface area contributed by atoms with E-state index >= 15 is 0 Å². The van der Waals surface area contributed by atoms with Gasteiger partial charge in [0.25, 0.3) is 5.56 Å².